The molecule has 0 fully saturated rings. The maximum atomic E-state index is 12.2. The molecule has 22 heavy (non-hydrogen) atoms. The number of nitrogens with two attached hydrogens (primary N) is 1. The summed E-state index contributed by atoms with van der Waals surface area (Å²) in [5, 5.41) is 2.89. The molecule has 0 aliphatic heterocycles. The van der Waals surface area contributed by atoms with E-state index in [2.05, 4.69) is 26.1 Å². The molecule has 3 nitrogen and oxygen atoms in total. The zero-order chi connectivity index (χ0) is 15.5. The topological polar surface area (TPSA) is 55.1 Å². The lowest BCUT2D eigenvalue weighted by Crippen LogP contribution is -2.14. The van der Waals surface area contributed by atoms with Crippen LogP contribution < -0.4 is 11.1 Å². The van der Waals surface area contributed by atoms with Crippen LogP contribution in [-0.2, 0) is 12.0 Å². The maximum absolute atomic E-state index is 12.2. The van der Waals surface area contributed by atoms with Gasteiger partial charge in [0.05, 0.1) is 0 Å². The quantitative estimate of drug-likeness (QED) is 0.894. The van der Waals surface area contributed by atoms with E-state index in [0.717, 1.165) is 11.3 Å². The van der Waals surface area contributed by atoms with E-state index in [1.54, 1.807) is 0 Å². The third-order valence-electron chi connectivity index (χ3n) is 3.46. The largest absolute Gasteiger partial charge is 0.326 e. The summed E-state index contributed by atoms with van der Waals surface area (Å²) in [6.45, 7) is 6.96. The van der Waals surface area contributed by atoms with E-state index in [9.17, 15) is 4.79 Å². The van der Waals surface area contributed by atoms with Crippen molar-refractivity contribution in [3.63, 3.8) is 0 Å². The van der Waals surface area contributed by atoms with E-state index in [4.69, 9.17) is 5.73 Å². The molecule has 0 saturated heterocycles. The van der Waals surface area contributed by atoms with Gasteiger partial charge in [0.25, 0.3) is 5.91 Å². The Morgan fingerprint density at radius 2 is 1.55 bits per heavy atom. The number of hydrogen-bond acceptors (Lipinski definition) is 2. The monoisotopic (exact) mass is 318 g/mol. The van der Waals surface area contributed by atoms with Crippen LogP contribution in [0.1, 0.15) is 42.3 Å². The fourth-order valence-corrected chi connectivity index (χ4v) is 2.05. The Morgan fingerprint density at radius 1 is 1.00 bits per heavy atom. The number of amides is 1. The second-order valence-electron chi connectivity index (χ2n) is 6.18. The molecule has 0 spiro atoms. The molecule has 4 heteroatoms. The number of benzene rings is 2. The molecule has 0 saturated carbocycles. The molecule has 3 N–H and O–H groups in total. The smallest absolute Gasteiger partial charge is 0.255 e. The normalized spacial score (nSPS) is 10.7. The number of rotatable bonds is 3. The highest BCUT2D eigenvalue weighted by Gasteiger charge is 2.14. The van der Waals surface area contributed by atoms with E-state index < -0.39 is 0 Å². The van der Waals surface area contributed by atoms with Gasteiger partial charge in [-0.05, 0) is 40.8 Å². The van der Waals surface area contributed by atoms with Crippen molar-refractivity contribution in [2.45, 2.75) is 32.7 Å². The van der Waals surface area contributed by atoms with Gasteiger partial charge in [-0.25, -0.2) is 0 Å². The fourth-order valence-electron chi connectivity index (χ4n) is 2.05. The molecule has 0 bridgehead atoms. The molecule has 2 rings (SSSR count). The summed E-state index contributed by atoms with van der Waals surface area (Å²) in [5.74, 6) is -0.101. The average molecular weight is 319 g/mol. The van der Waals surface area contributed by atoms with Crippen molar-refractivity contribution in [1.82, 2.24) is 0 Å². The Morgan fingerprint density at radius 3 is 2.00 bits per heavy atom. The van der Waals surface area contributed by atoms with Crippen molar-refractivity contribution in [2.24, 2.45) is 5.73 Å². The van der Waals surface area contributed by atoms with Crippen molar-refractivity contribution >= 4 is 24.0 Å². The minimum atomic E-state index is -0.101. The van der Waals surface area contributed by atoms with Crippen molar-refractivity contribution in [1.29, 1.82) is 0 Å². The molecule has 2 aromatic carbocycles. The molecule has 0 radical (unpaired) electrons. The van der Waals surface area contributed by atoms with Crippen LogP contribution in [0.3, 0.4) is 0 Å². The summed E-state index contributed by atoms with van der Waals surface area (Å²) in [5.41, 5.74) is 9.34. The molecular weight excluding hydrogens is 296 g/mol. The minimum Gasteiger partial charge on any atom is -0.326 e. The lowest BCUT2D eigenvalue weighted by molar-refractivity contribution is 0.102. The van der Waals surface area contributed by atoms with Crippen LogP contribution in [0.25, 0.3) is 0 Å². The second kappa shape index (κ2) is 7.43. The summed E-state index contributed by atoms with van der Waals surface area (Å²) in [6, 6.07) is 15.3. The van der Waals surface area contributed by atoms with Gasteiger partial charge in [0.1, 0.15) is 0 Å². The first-order valence-corrected chi connectivity index (χ1v) is 7.11. The molecule has 0 aliphatic carbocycles. The number of carbonyl (C=O) groups excluding carboxylic acids is 1. The Balaban J connectivity index is 0.00000242. The Hall–Kier alpha value is -1.84. The van der Waals surface area contributed by atoms with Gasteiger partial charge in [0.2, 0.25) is 0 Å². The van der Waals surface area contributed by atoms with Crippen molar-refractivity contribution in [3.8, 4) is 0 Å². The summed E-state index contributed by atoms with van der Waals surface area (Å²) in [6.07, 6.45) is 0. The highest BCUT2D eigenvalue weighted by Crippen LogP contribution is 2.22. The molecule has 0 aromatic heterocycles. The first-order valence-electron chi connectivity index (χ1n) is 7.11. The molecular formula is C18H23ClN2O. The van der Waals surface area contributed by atoms with E-state index in [1.807, 2.05) is 48.5 Å². The predicted octanol–water partition coefficient (Wildman–Crippen LogP) is 4.12. The lowest BCUT2D eigenvalue weighted by Gasteiger charge is -2.19. The Bertz CT molecular complexity index is 613. The standard InChI is InChI=1S/C18H22N2O.ClH/c1-18(2,3)15-8-6-14(7-9-15)17(21)20-16-10-4-13(12-19)5-11-16;/h4-11H,12,19H2,1-3H3,(H,20,21);1H. The molecule has 2 aromatic rings. The van der Waals surface area contributed by atoms with Crippen LogP contribution in [-0.4, -0.2) is 5.91 Å². The van der Waals surface area contributed by atoms with E-state index in [0.29, 0.717) is 12.1 Å². The maximum Gasteiger partial charge on any atom is 0.255 e. The van der Waals surface area contributed by atoms with E-state index in [1.165, 1.54) is 5.56 Å². The van der Waals surface area contributed by atoms with Gasteiger partial charge in [-0.1, -0.05) is 45.0 Å². The number of hydrogen-bond donors (Lipinski definition) is 2. The summed E-state index contributed by atoms with van der Waals surface area (Å²) in [7, 11) is 0. The third kappa shape index (κ3) is 4.58. The van der Waals surface area contributed by atoms with Crippen LogP contribution in [0.15, 0.2) is 48.5 Å². The first kappa shape index (κ1) is 18.2. The number of anilines is 1. The Labute approximate surface area is 138 Å². The molecule has 0 unspecified atom stereocenters. The van der Waals surface area contributed by atoms with Crippen molar-refractivity contribution in [2.75, 3.05) is 5.32 Å². The lowest BCUT2D eigenvalue weighted by atomic mass is 9.87. The highest BCUT2D eigenvalue weighted by atomic mass is 35.5. The number of halogens is 1. The van der Waals surface area contributed by atoms with Gasteiger partial charge >= 0.3 is 0 Å². The average Bonchev–Trinajstić information content (AvgIpc) is 2.47. The number of nitrogens with one attached hydrogen (secondary N) is 1. The molecule has 118 valence electrons. The van der Waals surface area contributed by atoms with Crippen LogP contribution >= 0.6 is 12.4 Å². The molecule has 0 aliphatic rings. The van der Waals surface area contributed by atoms with E-state index >= 15 is 0 Å². The zero-order valence-electron chi connectivity index (χ0n) is 13.2. The predicted molar refractivity (Wildman–Crippen MR) is 94.7 cm³/mol. The van der Waals surface area contributed by atoms with Gasteiger partial charge in [-0.2, -0.15) is 0 Å². The second-order valence-corrected chi connectivity index (χ2v) is 6.18. The molecule has 0 atom stereocenters. The van der Waals surface area contributed by atoms with Gasteiger partial charge in [0, 0.05) is 17.8 Å². The summed E-state index contributed by atoms with van der Waals surface area (Å²) < 4.78 is 0. The first-order chi connectivity index (χ1) is 9.90. The highest BCUT2D eigenvalue weighted by molar-refractivity contribution is 6.04. The summed E-state index contributed by atoms with van der Waals surface area (Å²) >= 11 is 0. The van der Waals surface area contributed by atoms with Crippen LogP contribution in [0.4, 0.5) is 5.69 Å². The van der Waals surface area contributed by atoms with Crippen LogP contribution in [0.2, 0.25) is 0 Å². The summed E-state index contributed by atoms with van der Waals surface area (Å²) in [4.78, 5) is 12.2. The number of carbonyl (C=O) groups is 1. The third-order valence-corrected chi connectivity index (χ3v) is 3.46. The minimum absolute atomic E-state index is 0. The van der Waals surface area contributed by atoms with Crippen LogP contribution in [0.5, 0.6) is 0 Å². The van der Waals surface area contributed by atoms with Gasteiger partial charge < -0.3 is 11.1 Å². The zero-order valence-corrected chi connectivity index (χ0v) is 14.0. The van der Waals surface area contributed by atoms with Gasteiger partial charge in [-0.3, -0.25) is 4.79 Å². The van der Waals surface area contributed by atoms with E-state index in [-0.39, 0.29) is 23.7 Å². The van der Waals surface area contributed by atoms with Gasteiger partial charge in [0.15, 0.2) is 0 Å². The Kier molecular flexibility index (Phi) is 6.15. The SMILES string of the molecule is CC(C)(C)c1ccc(C(=O)Nc2ccc(CN)cc2)cc1.Cl. The van der Waals surface area contributed by atoms with Crippen molar-refractivity contribution < 1.29 is 4.79 Å². The molecule has 0 heterocycles. The van der Waals surface area contributed by atoms with Gasteiger partial charge in [-0.15, -0.1) is 12.4 Å². The molecule has 1 amide bonds. The van der Waals surface area contributed by atoms with Crippen molar-refractivity contribution in [3.05, 3.63) is 65.2 Å². The fraction of sp³-hybridized carbons (Fsp3) is 0.278. The van der Waals surface area contributed by atoms with Crippen LogP contribution in [0, 0.1) is 0 Å².